The number of carbonyl (C=O) groups excluding carboxylic acids is 1. The fourth-order valence-corrected chi connectivity index (χ4v) is 3.19. The normalized spacial score (nSPS) is 13.6. The minimum absolute atomic E-state index is 0.00129. The number of benzene rings is 1. The van der Waals surface area contributed by atoms with Gasteiger partial charge in [-0.15, -0.1) is 0 Å². The van der Waals surface area contributed by atoms with Gasteiger partial charge in [-0.1, -0.05) is 0 Å². The first-order chi connectivity index (χ1) is 13.7. The Kier molecular flexibility index (Phi) is 3.86. The van der Waals surface area contributed by atoms with Gasteiger partial charge >= 0.3 is 0 Å². The number of hydrogen-bond acceptors (Lipinski definition) is 4. The van der Waals surface area contributed by atoms with Gasteiger partial charge in [0.05, 0.1) is 5.56 Å². The van der Waals surface area contributed by atoms with E-state index in [2.05, 4.69) is 20.4 Å². The second-order valence-electron chi connectivity index (χ2n) is 6.81. The Labute approximate surface area is 160 Å². The highest BCUT2D eigenvalue weighted by Gasteiger charge is 2.30. The van der Waals surface area contributed by atoms with Crippen molar-refractivity contribution in [2.45, 2.75) is 12.8 Å². The van der Waals surface area contributed by atoms with Gasteiger partial charge < -0.3 is 5.32 Å². The Morgan fingerprint density at radius 1 is 1.07 bits per heavy atom. The van der Waals surface area contributed by atoms with Crippen molar-refractivity contribution in [3.63, 3.8) is 0 Å². The van der Waals surface area contributed by atoms with Crippen LogP contribution < -0.4 is 5.32 Å². The molecule has 0 radical (unpaired) electrons. The fourth-order valence-electron chi connectivity index (χ4n) is 3.19. The molecule has 5 rings (SSSR count). The third-order valence-electron chi connectivity index (χ3n) is 4.76. The maximum atomic E-state index is 13.4. The lowest BCUT2D eigenvalue weighted by molar-refractivity contribution is -0.117. The van der Waals surface area contributed by atoms with Crippen LogP contribution in [0.4, 0.5) is 10.2 Å². The number of pyridine rings is 1. The monoisotopic (exact) mass is 373 g/mol. The molecule has 1 amide bonds. The largest absolute Gasteiger partial charge is 0.310 e. The van der Waals surface area contributed by atoms with Crippen LogP contribution in [0.5, 0.6) is 0 Å². The molecule has 1 aliphatic rings. The average molecular weight is 373 g/mol. The van der Waals surface area contributed by atoms with Crippen LogP contribution in [0.3, 0.4) is 0 Å². The summed E-state index contributed by atoms with van der Waals surface area (Å²) < 4.78 is 15.1. The van der Waals surface area contributed by atoms with Gasteiger partial charge in [0.1, 0.15) is 17.3 Å². The molecule has 3 aromatic heterocycles. The smallest absolute Gasteiger partial charge is 0.228 e. The molecule has 3 heterocycles. The molecular weight excluding hydrogens is 357 g/mol. The van der Waals surface area contributed by atoms with Crippen molar-refractivity contribution >= 4 is 17.4 Å². The topological polar surface area (TPSA) is 72.2 Å². The van der Waals surface area contributed by atoms with Crippen molar-refractivity contribution in [3.05, 3.63) is 66.9 Å². The lowest BCUT2D eigenvalue weighted by Gasteiger charge is -2.07. The van der Waals surface area contributed by atoms with Crippen molar-refractivity contribution in [3.8, 4) is 22.4 Å². The molecule has 6 nitrogen and oxygen atoms in total. The van der Waals surface area contributed by atoms with E-state index in [1.165, 1.54) is 12.1 Å². The number of carbonyl (C=O) groups is 1. The molecule has 0 unspecified atom stereocenters. The van der Waals surface area contributed by atoms with Crippen LogP contribution in [0.2, 0.25) is 0 Å². The number of hydrogen-bond donors (Lipinski definition) is 1. The minimum atomic E-state index is -0.304. The molecule has 28 heavy (non-hydrogen) atoms. The van der Waals surface area contributed by atoms with E-state index in [1.807, 2.05) is 18.3 Å². The summed E-state index contributed by atoms with van der Waals surface area (Å²) in [6.45, 7) is 0. The molecule has 138 valence electrons. The van der Waals surface area contributed by atoms with Crippen LogP contribution in [0.1, 0.15) is 12.8 Å². The summed E-state index contributed by atoms with van der Waals surface area (Å²) in [6.07, 6.45) is 7.02. The molecular formula is C21H16FN5O. The SMILES string of the molecule is O=C(Nc1cc(-c2c(-c3ccc(F)cc3)nn3cccnc23)ccn1)C1CC1. The van der Waals surface area contributed by atoms with Crippen LogP contribution in [0.15, 0.2) is 61.1 Å². The Morgan fingerprint density at radius 2 is 1.89 bits per heavy atom. The lowest BCUT2D eigenvalue weighted by Crippen LogP contribution is -2.14. The van der Waals surface area contributed by atoms with E-state index in [4.69, 9.17) is 0 Å². The van der Waals surface area contributed by atoms with Crippen LogP contribution in [-0.2, 0) is 4.79 Å². The second kappa shape index (κ2) is 6.53. The highest BCUT2D eigenvalue weighted by Crippen LogP contribution is 2.35. The second-order valence-corrected chi connectivity index (χ2v) is 6.81. The molecule has 1 N–H and O–H groups in total. The van der Waals surface area contributed by atoms with Crippen molar-refractivity contribution in [1.82, 2.24) is 19.6 Å². The van der Waals surface area contributed by atoms with E-state index < -0.39 is 0 Å². The maximum Gasteiger partial charge on any atom is 0.228 e. The zero-order valence-electron chi connectivity index (χ0n) is 14.8. The standard InChI is InChI=1S/C21H16FN5O/c22-16-6-4-13(5-7-16)19-18(20-24-9-1-11-27(20)26-19)15-8-10-23-17(12-15)25-21(28)14-2-3-14/h1,4-12,14H,2-3H2,(H,23,25,28). The maximum absolute atomic E-state index is 13.4. The van der Waals surface area contributed by atoms with Gasteiger partial charge in [-0.3, -0.25) is 4.79 Å². The van der Waals surface area contributed by atoms with Crippen LogP contribution in [0.25, 0.3) is 28.0 Å². The van der Waals surface area contributed by atoms with Crippen LogP contribution >= 0.6 is 0 Å². The summed E-state index contributed by atoms with van der Waals surface area (Å²) in [7, 11) is 0. The number of rotatable bonds is 4. The summed E-state index contributed by atoms with van der Waals surface area (Å²) in [4.78, 5) is 20.8. The number of nitrogens with zero attached hydrogens (tertiary/aromatic N) is 4. The zero-order chi connectivity index (χ0) is 19.1. The molecule has 0 aliphatic heterocycles. The fraction of sp³-hybridized carbons (Fsp3) is 0.143. The Hall–Kier alpha value is -3.61. The predicted molar refractivity (Wildman–Crippen MR) is 103 cm³/mol. The van der Waals surface area contributed by atoms with Crippen LogP contribution in [-0.4, -0.2) is 25.5 Å². The van der Waals surface area contributed by atoms with E-state index in [0.717, 1.165) is 29.5 Å². The van der Waals surface area contributed by atoms with Gasteiger partial charge in [0, 0.05) is 30.1 Å². The third-order valence-corrected chi connectivity index (χ3v) is 4.76. The van der Waals surface area contributed by atoms with E-state index in [1.54, 1.807) is 35.1 Å². The molecule has 1 fully saturated rings. The molecule has 0 atom stereocenters. The molecule has 1 aliphatic carbocycles. The van der Waals surface area contributed by atoms with E-state index in [-0.39, 0.29) is 17.6 Å². The number of amides is 1. The number of nitrogens with one attached hydrogen (secondary N) is 1. The van der Waals surface area contributed by atoms with Gasteiger partial charge in [-0.25, -0.2) is 18.9 Å². The summed E-state index contributed by atoms with van der Waals surface area (Å²) >= 11 is 0. The first-order valence-corrected chi connectivity index (χ1v) is 9.05. The number of halogens is 1. The van der Waals surface area contributed by atoms with E-state index in [9.17, 15) is 9.18 Å². The first kappa shape index (κ1) is 16.6. The third kappa shape index (κ3) is 3.00. The molecule has 4 aromatic rings. The number of anilines is 1. The Balaban J connectivity index is 1.64. The van der Waals surface area contributed by atoms with E-state index >= 15 is 0 Å². The highest BCUT2D eigenvalue weighted by atomic mass is 19.1. The molecule has 0 saturated heterocycles. The predicted octanol–water partition coefficient (Wildman–Crippen LogP) is 3.95. The Morgan fingerprint density at radius 3 is 2.68 bits per heavy atom. The molecule has 1 aromatic carbocycles. The summed E-state index contributed by atoms with van der Waals surface area (Å²) in [5.74, 6) is 0.288. The van der Waals surface area contributed by atoms with Gasteiger partial charge in [0.15, 0.2) is 5.65 Å². The lowest BCUT2D eigenvalue weighted by atomic mass is 10.0. The van der Waals surface area contributed by atoms with Crippen LogP contribution in [0, 0.1) is 11.7 Å². The first-order valence-electron chi connectivity index (χ1n) is 9.05. The summed E-state index contributed by atoms with van der Waals surface area (Å²) in [5.41, 5.74) is 3.77. The minimum Gasteiger partial charge on any atom is -0.310 e. The van der Waals surface area contributed by atoms with Crippen molar-refractivity contribution in [1.29, 1.82) is 0 Å². The highest BCUT2D eigenvalue weighted by molar-refractivity contribution is 5.95. The van der Waals surface area contributed by atoms with E-state index in [0.29, 0.717) is 17.2 Å². The molecule has 7 heteroatoms. The number of fused-ring (bicyclic) bond motifs is 1. The van der Waals surface area contributed by atoms with Gasteiger partial charge in [-0.05, 0) is 60.9 Å². The van der Waals surface area contributed by atoms with Crippen molar-refractivity contribution in [2.75, 3.05) is 5.32 Å². The number of aromatic nitrogens is 4. The quantitative estimate of drug-likeness (QED) is 0.588. The van der Waals surface area contributed by atoms with Gasteiger partial charge in [0.25, 0.3) is 0 Å². The van der Waals surface area contributed by atoms with Gasteiger partial charge in [0.2, 0.25) is 5.91 Å². The molecule has 0 spiro atoms. The average Bonchev–Trinajstić information content (AvgIpc) is 3.49. The summed E-state index contributed by atoms with van der Waals surface area (Å²) in [5, 5.41) is 7.52. The van der Waals surface area contributed by atoms with Crippen molar-refractivity contribution < 1.29 is 9.18 Å². The molecule has 1 saturated carbocycles. The molecule has 0 bridgehead atoms. The zero-order valence-corrected chi connectivity index (χ0v) is 14.8. The summed E-state index contributed by atoms with van der Waals surface area (Å²) in [6, 6.07) is 11.7. The van der Waals surface area contributed by atoms with Crippen molar-refractivity contribution in [2.24, 2.45) is 5.92 Å². The Bertz CT molecular complexity index is 1180. The van der Waals surface area contributed by atoms with Gasteiger partial charge in [-0.2, -0.15) is 5.10 Å².